The summed E-state index contributed by atoms with van der Waals surface area (Å²) in [6, 6.07) is 12.8. The number of hydrogen-bond donors (Lipinski definition) is 1. The highest BCUT2D eigenvalue weighted by Crippen LogP contribution is 2.31. The van der Waals surface area contributed by atoms with Gasteiger partial charge in [0.05, 0.1) is 0 Å². The van der Waals surface area contributed by atoms with E-state index in [2.05, 4.69) is 42.7 Å². The third-order valence-corrected chi connectivity index (χ3v) is 6.22. The Kier molecular flexibility index (Phi) is 9.07. The molecule has 0 bridgehead atoms. The van der Waals surface area contributed by atoms with Gasteiger partial charge in [0.1, 0.15) is 11.5 Å². The first-order chi connectivity index (χ1) is 16.7. The summed E-state index contributed by atoms with van der Waals surface area (Å²) in [5, 5.41) is 0.804. The van der Waals surface area contributed by atoms with Crippen LogP contribution in [0.25, 0.3) is 10.9 Å². The topological polar surface area (TPSA) is 74.9 Å². The summed E-state index contributed by atoms with van der Waals surface area (Å²) in [4.78, 5) is 32.7. The first-order valence-electron chi connectivity index (χ1n) is 12.1. The lowest BCUT2D eigenvalue weighted by Gasteiger charge is -2.26. The van der Waals surface area contributed by atoms with E-state index >= 15 is 0 Å². The SMILES string of the molecule is CC[C@H](c1cccc(OC(=O)C(=O)Oc2cccc3[nH]cc(CCN(C)C)c23)c1)[C@H](C)CN(C)C. The molecule has 0 unspecified atom stereocenters. The van der Waals surface area contributed by atoms with Gasteiger partial charge in [-0.25, -0.2) is 9.59 Å². The number of rotatable bonds is 10. The van der Waals surface area contributed by atoms with Crippen molar-refractivity contribution in [1.29, 1.82) is 0 Å². The van der Waals surface area contributed by atoms with Gasteiger partial charge < -0.3 is 24.3 Å². The second kappa shape index (κ2) is 12.0. The van der Waals surface area contributed by atoms with Crippen molar-refractivity contribution in [3.63, 3.8) is 0 Å². The summed E-state index contributed by atoms with van der Waals surface area (Å²) in [5.74, 6) is -0.665. The molecule has 0 saturated carbocycles. The Bertz CT molecular complexity index is 1150. The number of ether oxygens (including phenoxy) is 2. The Hall–Kier alpha value is -3.16. The van der Waals surface area contributed by atoms with Crippen molar-refractivity contribution in [3.8, 4) is 11.5 Å². The molecule has 35 heavy (non-hydrogen) atoms. The molecule has 2 aromatic carbocycles. The molecule has 0 spiro atoms. The van der Waals surface area contributed by atoms with Crippen molar-refractivity contribution in [1.82, 2.24) is 14.8 Å². The molecule has 0 radical (unpaired) electrons. The smallest absolute Gasteiger partial charge is 0.418 e. The molecule has 188 valence electrons. The third-order valence-electron chi connectivity index (χ3n) is 6.22. The maximum Gasteiger partial charge on any atom is 0.423 e. The van der Waals surface area contributed by atoms with Gasteiger partial charge in [-0.3, -0.25) is 0 Å². The van der Waals surface area contributed by atoms with E-state index in [1.54, 1.807) is 18.2 Å². The molecule has 0 aliphatic heterocycles. The van der Waals surface area contributed by atoms with E-state index in [9.17, 15) is 9.59 Å². The molecule has 1 N–H and O–H groups in total. The predicted molar refractivity (Wildman–Crippen MR) is 139 cm³/mol. The number of nitrogens with zero attached hydrogens (tertiary/aromatic N) is 2. The molecule has 0 saturated heterocycles. The van der Waals surface area contributed by atoms with E-state index in [4.69, 9.17) is 9.47 Å². The number of H-pyrrole nitrogens is 1. The second-order valence-electron chi connectivity index (χ2n) is 9.65. The van der Waals surface area contributed by atoms with Crippen LogP contribution in [0.2, 0.25) is 0 Å². The Morgan fingerprint density at radius 2 is 1.69 bits per heavy atom. The lowest BCUT2D eigenvalue weighted by Crippen LogP contribution is -2.26. The Labute approximate surface area is 208 Å². The number of esters is 2. The molecule has 1 aromatic heterocycles. The molecular weight excluding hydrogens is 442 g/mol. The van der Waals surface area contributed by atoms with Crippen LogP contribution in [0.3, 0.4) is 0 Å². The molecule has 3 rings (SSSR count). The minimum Gasteiger partial charge on any atom is -0.418 e. The fourth-order valence-electron chi connectivity index (χ4n) is 4.61. The van der Waals surface area contributed by atoms with Crippen molar-refractivity contribution in [2.24, 2.45) is 5.92 Å². The highest BCUT2D eigenvalue weighted by molar-refractivity contribution is 6.31. The van der Waals surface area contributed by atoms with Crippen LogP contribution in [0, 0.1) is 5.92 Å². The first kappa shape index (κ1) is 26.4. The number of aromatic nitrogens is 1. The fourth-order valence-corrected chi connectivity index (χ4v) is 4.61. The molecule has 7 heteroatoms. The van der Waals surface area contributed by atoms with Crippen LogP contribution in [0.15, 0.2) is 48.7 Å². The van der Waals surface area contributed by atoms with Crippen LogP contribution in [-0.4, -0.2) is 68.0 Å². The number of fused-ring (bicyclic) bond motifs is 1. The molecule has 7 nitrogen and oxygen atoms in total. The Morgan fingerprint density at radius 3 is 2.37 bits per heavy atom. The van der Waals surface area contributed by atoms with Gasteiger partial charge in [-0.1, -0.05) is 32.0 Å². The zero-order valence-corrected chi connectivity index (χ0v) is 21.6. The lowest BCUT2D eigenvalue weighted by molar-refractivity contribution is -0.156. The Balaban J connectivity index is 1.73. The average Bonchev–Trinajstić information content (AvgIpc) is 3.22. The molecule has 0 fully saturated rings. The van der Waals surface area contributed by atoms with Gasteiger partial charge >= 0.3 is 11.9 Å². The minimum atomic E-state index is -1.05. The molecule has 2 atom stereocenters. The quantitative estimate of drug-likeness (QED) is 0.263. The van der Waals surface area contributed by atoms with Crippen molar-refractivity contribution < 1.29 is 19.1 Å². The predicted octanol–water partition coefficient (Wildman–Crippen LogP) is 4.47. The van der Waals surface area contributed by atoms with Gasteiger partial charge in [0.15, 0.2) is 0 Å². The first-order valence-corrected chi connectivity index (χ1v) is 12.1. The van der Waals surface area contributed by atoms with E-state index in [0.717, 1.165) is 48.0 Å². The van der Waals surface area contributed by atoms with Crippen LogP contribution in [0.4, 0.5) is 0 Å². The van der Waals surface area contributed by atoms with Gasteiger partial charge in [0, 0.05) is 30.2 Å². The summed E-state index contributed by atoms with van der Waals surface area (Å²) in [6.45, 7) is 6.18. The molecular formula is C28H37N3O4. The van der Waals surface area contributed by atoms with Crippen LogP contribution in [-0.2, 0) is 16.0 Å². The molecule has 3 aromatic rings. The highest BCUT2D eigenvalue weighted by Gasteiger charge is 2.23. The fraction of sp³-hybridized carbons (Fsp3) is 0.429. The number of hydrogen-bond acceptors (Lipinski definition) is 6. The maximum atomic E-state index is 12.6. The normalized spacial score (nSPS) is 13.3. The van der Waals surface area contributed by atoms with Crippen molar-refractivity contribution in [2.45, 2.75) is 32.6 Å². The molecule has 1 heterocycles. The van der Waals surface area contributed by atoms with Gasteiger partial charge in [-0.05, 0) is 88.3 Å². The summed E-state index contributed by atoms with van der Waals surface area (Å²) in [6.07, 6.45) is 3.66. The van der Waals surface area contributed by atoms with Crippen molar-refractivity contribution in [2.75, 3.05) is 41.3 Å². The summed E-state index contributed by atoms with van der Waals surface area (Å²) in [7, 11) is 8.14. The summed E-state index contributed by atoms with van der Waals surface area (Å²) < 4.78 is 10.9. The average molecular weight is 480 g/mol. The van der Waals surface area contributed by atoms with Gasteiger partial charge in [-0.15, -0.1) is 0 Å². The van der Waals surface area contributed by atoms with Gasteiger partial charge in [0.2, 0.25) is 0 Å². The van der Waals surface area contributed by atoms with Crippen molar-refractivity contribution >= 4 is 22.8 Å². The van der Waals surface area contributed by atoms with E-state index in [0.29, 0.717) is 23.3 Å². The minimum absolute atomic E-state index is 0.315. The third kappa shape index (κ3) is 6.93. The zero-order chi connectivity index (χ0) is 25.5. The molecule has 0 amide bonds. The van der Waals surface area contributed by atoms with Gasteiger partial charge in [-0.2, -0.15) is 0 Å². The van der Waals surface area contributed by atoms with Gasteiger partial charge in [0.25, 0.3) is 0 Å². The number of likely N-dealkylation sites (N-methyl/N-ethyl adjacent to an activating group) is 1. The summed E-state index contributed by atoms with van der Waals surface area (Å²) >= 11 is 0. The Morgan fingerprint density at radius 1 is 0.971 bits per heavy atom. The molecule has 0 aliphatic rings. The van der Waals surface area contributed by atoms with E-state index < -0.39 is 11.9 Å². The van der Waals surface area contributed by atoms with E-state index in [-0.39, 0.29) is 0 Å². The van der Waals surface area contributed by atoms with E-state index in [1.165, 1.54) is 0 Å². The molecule has 0 aliphatic carbocycles. The number of nitrogens with one attached hydrogen (secondary N) is 1. The van der Waals surface area contributed by atoms with Crippen LogP contribution in [0.5, 0.6) is 11.5 Å². The van der Waals surface area contributed by atoms with Crippen LogP contribution in [0.1, 0.15) is 37.3 Å². The number of carbonyl (C=O) groups is 2. The highest BCUT2D eigenvalue weighted by atomic mass is 16.6. The van der Waals surface area contributed by atoms with E-state index in [1.807, 2.05) is 44.6 Å². The van der Waals surface area contributed by atoms with Crippen molar-refractivity contribution in [3.05, 3.63) is 59.8 Å². The lowest BCUT2D eigenvalue weighted by atomic mass is 9.85. The standard InChI is InChI=1S/C28H37N3O4/c1-7-23(19(2)18-31(5)6)20-10-8-11-22(16-20)34-27(32)28(33)35-25-13-9-12-24-26(25)21(17-29-24)14-15-30(3)4/h8-13,16-17,19,23,29H,7,14-15,18H2,1-6H3/t19-,23+/m1/s1. The number of carbonyl (C=O) groups excluding carboxylic acids is 2. The number of aromatic amines is 1. The zero-order valence-electron chi connectivity index (χ0n) is 21.6. The second-order valence-corrected chi connectivity index (χ2v) is 9.65. The van der Waals surface area contributed by atoms with Crippen LogP contribution < -0.4 is 9.47 Å². The number of benzene rings is 2. The monoisotopic (exact) mass is 479 g/mol. The maximum absolute atomic E-state index is 12.6. The van der Waals surface area contributed by atoms with Crippen LogP contribution >= 0.6 is 0 Å². The largest absolute Gasteiger partial charge is 0.423 e. The summed E-state index contributed by atoms with van der Waals surface area (Å²) in [5.41, 5.74) is 2.96.